The third kappa shape index (κ3) is 7.65. The molecule has 8 heteroatoms. The number of rotatable bonds is 11. The van der Waals surface area contributed by atoms with Crippen LogP contribution in [0.3, 0.4) is 0 Å². The van der Waals surface area contributed by atoms with Crippen LogP contribution in [-0.2, 0) is 9.59 Å². The first kappa shape index (κ1) is 25.9. The molecule has 2 rings (SSSR count). The zero-order chi connectivity index (χ0) is 23.7. The number of nitrogens with one attached hydrogen (secondary N) is 2. The minimum absolute atomic E-state index is 0.0724. The summed E-state index contributed by atoms with van der Waals surface area (Å²) in [7, 11) is 3.67. The molecule has 2 aromatic carbocycles. The average molecular weight is 475 g/mol. The van der Waals surface area contributed by atoms with Crippen molar-refractivity contribution in [3.63, 3.8) is 0 Å². The maximum absolute atomic E-state index is 13.3. The molecule has 32 heavy (non-hydrogen) atoms. The van der Waals surface area contributed by atoms with Crippen molar-refractivity contribution in [2.75, 3.05) is 25.5 Å². The van der Waals surface area contributed by atoms with Gasteiger partial charge in [-0.05, 0) is 38.2 Å². The van der Waals surface area contributed by atoms with Crippen molar-refractivity contribution in [2.45, 2.75) is 33.1 Å². The van der Waals surface area contributed by atoms with E-state index in [1.54, 1.807) is 27.4 Å². The van der Waals surface area contributed by atoms with Crippen LogP contribution in [0.2, 0.25) is 5.02 Å². The summed E-state index contributed by atoms with van der Waals surface area (Å²) in [5.41, 5.74) is 2.15. The van der Waals surface area contributed by atoms with Gasteiger partial charge in [-0.3, -0.25) is 19.7 Å². The van der Waals surface area contributed by atoms with Crippen molar-refractivity contribution in [3.05, 3.63) is 64.7 Å². The number of anilines is 1. The molecule has 0 spiro atoms. The average Bonchev–Trinajstić information content (AvgIpc) is 2.78. The summed E-state index contributed by atoms with van der Waals surface area (Å²) in [5, 5.41) is 9.25. The Kier molecular flexibility index (Phi) is 10.2. The molecule has 1 atom stereocenters. The van der Waals surface area contributed by atoms with Crippen LogP contribution in [0.4, 0.5) is 5.69 Å². The van der Waals surface area contributed by atoms with E-state index < -0.39 is 0 Å². The number of hydrogen-bond donors (Lipinski definition) is 2. The Hall–Kier alpha value is -2.35. The molecule has 0 aliphatic heterocycles. The van der Waals surface area contributed by atoms with Crippen molar-refractivity contribution in [2.24, 2.45) is 5.92 Å². The molecule has 0 bridgehead atoms. The standard InChI is InChI=1S/C24H31ClN4O2S/c1-5-17(2)15-23(31)29(14-13-22(30)27-32-28(3)4)21-12-11-19(25)16-20(21)24(26)18-9-7-6-8-10-18/h6-12,16-17,26H,5,13-15H2,1-4H3,(H,27,30). The molecular formula is C24H31ClN4O2S. The largest absolute Gasteiger partial charge is 0.311 e. The molecule has 2 amide bonds. The van der Waals surface area contributed by atoms with Gasteiger partial charge >= 0.3 is 0 Å². The predicted molar refractivity (Wildman–Crippen MR) is 134 cm³/mol. The molecule has 0 saturated carbocycles. The van der Waals surface area contributed by atoms with Crippen molar-refractivity contribution >= 4 is 46.9 Å². The molecule has 172 valence electrons. The molecule has 1 unspecified atom stereocenters. The first-order valence-electron chi connectivity index (χ1n) is 10.6. The zero-order valence-electron chi connectivity index (χ0n) is 19.0. The lowest BCUT2D eigenvalue weighted by Gasteiger charge is -2.27. The van der Waals surface area contributed by atoms with Gasteiger partial charge in [-0.25, -0.2) is 4.31 Å². The molecule has 6 nitrogen and oxygen atoms in total. The topological polar surface area (TPSA) is 76.5 Å². The van der Waals surface area contributed by atoms with Gasteiger partial charge in [0.1, 0.15) is 0 Å². The zero-order valence-corrected chi connectivity index (χ0v) is 20.6. The molecule has 0 radical (unpaired) electrons. The van der Waals surface area contributed by atoms with Gasteiger partial charge in [0.15, 0.2) is 0 Å². The molecular weight excluding hydrogens is 444 g/mol. The van der Waals surface area contributed by atoms with Crippen molar-refractivity contribution in [1.29, 1.82) is 5.41 Å². The molecule has 2 aromatic rings. The number of hydrogen-bond acceptors (Lipinski definition) is 5. The minimum atomic E-state index is -0.168. The smallest absolute Gasteiger partial charge is 0.232 e. The van der Waals surface area contributed by atoms with Crippen LogP contribution in [0, 0.1) is 11.3 Å². The molecule has 0 saturated heterocycles. The normalized spacial score (nSPS) is 11.8. The maximum atomic E-state index is 13.3. The van der Waals surface area contributed by atoms with Crippen LogP contribution in [0.1, 0.15) is 44.2 Å². The Balaban J connectivity index is 2.38. The van der Waals surface area contributed by atoms with Gasteiger partial charge in [0.2, 0.25) is 11.8 Å². The predicted octanol–water partition coefficient (Wildman–Crippen LogP) is 5.16. The minimum Gasteiger partial charge on any atom is -0.311 e. The second kappa shape index (κ2) is 12.6. The van der Waals surface area contributed by atoms with E-state index in [-0.39, 0.29) is 36.4 Å². The Bertz CT molecular complexity index is 937. The fourth-order valence-electron chi connectivity index (χ4n) is 3.04. The number of benzene rings is 2. The van der Waals surface area contributed by atoms with Gasteiger partial charge in [0, 0.05) is 47.7 Å². The van der Waals surface area contributed by atoms with E-state index in [4.69, 9.17) is 17.0 Å². The summed E-state index contributed by atoms with van der Waals surface area (Å²) in [5.74, 6) is -0.0250. The lowest BCUT2D eigenvalue weighted by atomic mass is 9.99. The second-order valence-corrected chi connectivity index (χ2v) is 9.40. The van der Waals surface area contributed by atoms with E-state index in [9.17, 15) is 9.59 Å². The highest BCUT2D eigenvalue weighted by atomic mass is 35.5. The Morgan fingerprint density at radius 2 is 1.84 bits per heavy atom. The lowest BCUT2D eigenvalue weighted by molar-refractivity contribution is -0.120. The van der Waals surface area contributed by atoms with Crippen LogP contribution in [-0.4, -0.2) is 42.5 Å². The van der Waals surface area contributed by atoms with Crippen LogP contribution in [0.15, 0.2) is 48.5 Å². The third-order valence-corrected chi connectivity index (χ3v) is 5.93. The summed E-state index contributed by atoms with van der Waals surface area (Å²) in [4.78, 5) is 27.2. The van der Waals surface area contributed by atoms with Crippen LogP contribution in [0.5, 0.6) is 0 Å². The van der Waals surface area contributed by atoms with Gasteiger partial charge in [0.25, 0.3) is 0 Å². The SMILES string of the molecule is CCC(C)CC(=O)N(CCC(=O)NSN(C)C)c1ccc(Cl)cc1C(=N)c1ccccc1. The van der Waals surface area contributed by atoms with E-state index in [2.05, 4.69) is 4.72 Å². The van der Waals surface area contributed by atoms with E-state index >= 15 is 0 Å². The summed E-state index contributed by atoms with van der Waals surface area (Å²) >= 11 is 7.46. The Labute approximate surface area is 200 Å². The van der Waals surface area contributed by atoms with Gasteiger partial charge in [-0.1, -0.05) is 62.2 Å². The van der Waals surface area contributed by atoms with E-state index in [0.29, 0.717) is 22.7 Å². The van der Waals surface area contributed by atoms with Crippen LogP contribution < -0.4 is 9.62 Å². The first-order chi connectivity index (χ1) is 15.2. The van der Waals surface area contributed by atoms with Gasteiger partial charge < -0.3 is 4.90 Å². The van der Waals surface area contributed by atoms with Crippen molar-refractivity contribution in [3.8, 4) is 0 Å². The summed E-state index contributed by atoms with van der Waals surface area (Å²) in [6.07, 6.45) is 1.39. The van der Waals surface area contributed by atoms with Crippen molar-refractivity contribution in [1.82, 2.24) is 9.03 Å². The molecule has 0 aliphatic carbocycles. The Morgan fingerprint density at radius 3 is 2.47 bits per heavy atom. The van der Waals surface area contributed by atoms with Crippen LogP contribution >= 0.6 is 23.7 Å². The molecule has 0 heterocycles. The Morgan fingerprint density at radius 1 is 1.16 bits per heavy atom. The van der Waals surface area contributed by atoms with Gasteiger partial charge in [-0.15, -0.1) is 0 Å². The highest BCUT2D eigenvalue weighted by Crippen LogP contribution is 2.28. The molecule has 2 N–H and O–H groups in total. The second-order valence-electron chi connectivity index (χ2n) is 7.84. The van der Waals surface area contributed by atoms with E-state index in [0.717, 1.165) is 12.0 Å². The number of halogens is 1. The third-order valence-electron chi connectivity index (χ3n) is 5.01. The van der Waals surface area contributed by atoms with Gasteiger partial charge in [0.05, 0.1) is 11.4 Å². The summed E-state index contributed by atoms with van der Waals surface area (Å²) in [6.45, 7) is 4.30. The first-order valence-corrected chi connectivity index (χ1v) is 11.7. The number of nitrogens with zero attached hydrogens (tertiary/aromatic N) is 2. The highest BCUT2D eigenvalue weighted by Gasteiger charge is 2.23. The summed E-state index contributed by atoms with van der Waals surface area (Å²) in [6, 6.07) is 14.5. The van der Waals surface area contributed by atoms with E-state index in [1.807, 2.05) is 58.3 Å². The number of amides is 2. The number of carbonyl (C=O) groups is 2. The van der Waals surface area contributed by atoms with Crippen LogP contribution in [0.25, 0.3) is 0 Å². The maximum Gasteiger partial charge on any atom is 0.232 e. The number of carbonyl (C=O) groups excluding carboxylic acids is 2. The van der Waals surface area contributed by atoms with E-state index in [1.165, 1.54) is 12.1 Å². The fraction of sp³-hybridized carbons (Fsp3) is 0.375. The molecule has 0 aliphatic rings. The lowest BCUT2D eigenvalue weighted by Crippen LogP contribution is -2.36. The van der Waals surface area contributed by atoms with Gasteiger partial charge in [-0.2, -0.15) is 0 Å². The summed E-state index contributed by atoms with van der Waals surface area (Å²) < 4.78 is 4.53. The van der Waals surface area contributed by atoms with Crippen molar-refractivity contribution < 1.29 is 9.59 Å². The molecule has 0 aromatic heterocycles. The molecule has 0 fully saturated rings. The fourth-order valence-corrected chi connectivity index (χ4v) is 3.60. The monoisotopic (exact) mass is 474 g/mol. The quantitative estimate of drug-likeness (QED) is 0.348. The highest BCUT2D eigenvalue weighted by molar-refractivity contribution is 7.95.